The molecule has 0 radical (unpaired) electrons. The number of benzene rings is 1. The van der Waals surface area contributed by atoms with Crippen molar-refractivity contribution in [3.05, 3.63) is 51.2 Å². The largest absolute Gasteiger partial charge is 0.342 e. The normalized spacial score (nSPS) is 12.6. The van der Waals surface area contributed by atoms with Crippen LogP contribution >= 0.6 is 12.2 Å². The number of H-pyrrole nitrogens is 2. The van der Waals surface area contributed by atoms with Gasteiger partial charge in [-0.25, -0.2) is 9.89 Å². The summed E-state index contributed by atoms with van der Waals surface area (Å²) in [5.41, 5.74) is 0.843. The zero-order valence-corrected chi connectivity index (χ0v) is 9.04. The molecule has 0 saturated carbocycles. The molecule has 78 valence electrons. The van der Waals surface area contributed by atoms with E-state index in [2.05, 4.69) is 10.2 Å². The molecule has 0 amide bonds. The first-order chi connectivity index (χ1) is 7.20. The number of hydrogen-bond donors (Lipinski definition) is 2. The van der Waals surface area contributed by atoms with Gasteiger partial charge < -0.3 is 0 Å². The third-order valence-electron chi connectivity index (χ3n) is 2.38. The molecule has 0 spiro atoms. The molecule has 1 atom stereocenters. The topological polar surface area (TPSA) is 53.6 Å². The Balaban J connectivity index is 2.50. The van der Waals surface area contributed by atoms with Crippen molar-refractivity contribution in [1.29, 1.82) is 0 Å². The number of nitrogens with one attached hydrogen (secondary N) is 2. The fourth-order valence-corrected chi connectivity index (χ4v) is 1.84. The van der Waals surface area contributed by atoms with Gasteiger partial charge in [-0.1, -0.05) is 30.3 Å². The van der Waals surface area contributed by atoms with Crippen molar-refractivity contribution in [3.63, 3.8) is 0 Å². The summed E-state index contributed by atoms with van der Waals surface area (Å²) < 4.78 is 1.93. The summed E-state index contributed by atoms with van der Waals surface area (Å²) in [6, 6.07) is 9.70. The maximum Gasteiger partial charge on any atom is 0.342 e. The van der Waals surface area contributed by atoms with Gasteiger partial charge in [0, 0.05) is 0 Å². The van der Waals surface area contributed by atoms with E-state index in [0.29, 0.717) is 4.77 Å². The van der Waals surface area contributed by atoms with E-state index in [1.165, 1.54) is 4.57 Å². The fourth-order valence-electron chi connectivity index (χ4n) is 1.55. The van der Waals surface area contributed by atoms with E-state index in [1.54, 1.807) is 0 Å². The third kappa shape index (κ3) is 1.78. The zero-order chi connectivity index (χ0) is 10.8. The molecule has 0 bridgehead atoms. The summed E-state index contributed by atoms with van der Waals surface area (Å²) >= 11 is 5.03. The predicted octanol–water partition coefficient (Wildman–Crippen LogP) is 1.84. The molecule has 1 unspecified atom stereocenters. The van der Waals surface area contributed by atoms with E-state index < -0.39 is 0 Å². The summed E-state index contributed by atoms with van der Waals surface area (Å²) in [7, 11) is 0. The van der Waals surface area contributed by atoms with Gasteiger partial charge in [-0.15, -0.1) is 0 Å². The SMILES string of the molecule is CC(c1ccccc1)n1c(=O)[nH][nH]c1=S. The maximum absolute atomic E-state index is 11.5. The second kappa shape index (κ2) is 3.86. The first-order valence-electron chi connectivity index (χ1n) is 4.64. The van der Waals surface area contributed by atoms with Crippen LogP contribution in [-0.4, -0.2) is 14.8 Å². The van der Waals surface area contributed by atoms with Gasteiger partial charge >= 0.3 is 5.69 Å². The van der Waals surface area contributed by atoms with E-state index in [9.17, 15) is 4.79 Å². The molecule has 0 saturated heterocycles. The van der Waals surface area contributed by atoms with Crippen molar-refractivity contribution < 1.29 is 0 Å². The van der Waals surface area contributed by atoms with Crippen LogP contribution in [0.4, 0.5) is 0 Å². The van der Waals surface area contributed by atoms with E-state index in [1.807, 2.05) is 37.3 Å². The molecule has 0 aliphatic heterocycles. The Bertz CT molecular complexity index is 524. The van der Waals surface area contributed by atoms with Gasteiger partial charge in [0.25, 0.3) is 0 Å². The van der Waals surface area contributed by atoms with Gasteiger partial charge in [0.15, 0.2) is 4.77 Å². The van der Waals surface area contributed by atoms with Crippen molar-refractivity contribution in [1.82, 2.24) is 14.8 Å². The van der Waals surface area contributed by atoms with Crippen LogP contribution in [0.2, 0.25) is 0 Å². The quantitative estimate of drug-likeness (QED) is 0.760. The second-order valence-electron chi connectivity index (χ2n) is 3.32. The molecule has 4 nitrogen and oxygen atoms in total. The predicted molar refractivity (Wildman–Crippen MR) is 60.5 cm³/mol. The molecule has 1 heterocycles. The lowest BCUT2D eigenvalue weighted by Crippen LogP contribution is -2.21. The van der Waals surface area contributed by atoms with Gasteiger partial charge in [0.05, 0.1) is 6.04 Å². The third-order valence-corrected chi connectivity index (χ3v) is 2.68. The highest BCUT2D eigenvalue weighted by molar-refractivity contribution is 7.71. The van der Waals surface area contributed by atoms with Crippen LogP contribution < -0.4 is 5.69 Å². The summed E-state index contributed by atoms with van der Waals surface area (Å²) in [5.74, 6) is 0. The molecule has 1 aromatic heterocycles. The van der Waals surface area contributed by atoms with Gasteiger partial charge in [-0.05, 0) is 24.7 Å². The van der Waals surface area contributed by atoms with E-state index in [0.717, 1.165) is 5.56 Å². The molecule has 2 rings (SSSR count). The molecule has 2 aromatic rings. The fraction of sp³-hybridized carbons (Fsp3) is 0.200. The van der Waals surface area contributed by atoms with E-state index in [-0.39, 0.29) is 11.7 Å². The highest BCUT2D eigenvalue weighted by atomic mass is 32.1. The lowest BCUT2D eigenvalue weighted by molar-refractivity contribution is 0.609. The van der Waals surface area contributed by atoms with E-state index >= 15 is 0 Å². The molecule has 1 aromatic carbocycles. The summed E-state index contributed by atoms with van der Waals surface area (Å²) in [6.07, 6.45) is 0. The lowest BCUT2D eigenvalue weighted by Gasteiger charge is -2.11. The molecule has 2 N–H and O–H groups in total. The Morgan fingerprint density at radius 3 is 2.47 bits per heavy atom. The minimum Gasteiger partial charge on any atom is -0.272 e. The molecule has 0 aliphatic rings. The van der Waals surface area contributed by atoms with Gasteiger partial charge in [0.1, 0.15) is 0 Å². The van der Waals surface area contributed by atoms with Crippen molar-refractivity contribution >= 4 is 12.2 Å². The first kappa shape index (κ1) is 9.92. The van der Waals surface area contributed by atoms with Crippen molar-refractivity contribution in [2.24, 2.45) is 0 Å². The Morgan fingerprint density at radius 1 is 1.27 bits per heavy atom. The Hall–Kier alpha value is -1.62. The highest BCUT2D eigenvalue weighted by Gasteiger charge is 2.10. The molecule has 0 fully saturated rings. The summed E-state index contributed by atoms with van der Waals surface area (Å²) in [4.78, 5) is 11.5. The summed E-state index contributed by atoms with van der Waals surface area (Å²) in [6.45, 7) is 1.94. The average Bonchev–Trinajstić information content (AvgIpc) is 2.59. The van der Waals surface area contributed by atoms with Crippen LogP contribution in [-0.2, 0) is 0 Å². The number of nitrogens with zero attached hydrogens (tertiary/aromatic N) is 1. The van der Waals surface area contributed by atoms with Crippen LogP contribution in [0.1, 0.15) is 18.5 Å². The van der Waals surface area contributed by atoms with Crippen molar-refractivity contribution in [2.45, 2.75) is 13.0 Å². The van der Waals surface area contributed by atoms with Gasteiger partial charge in [-0.3, -0.25) is 9.67 Å². The number of aromatic amines is 2. The maximum atomic E-state index is 11.5. The van der Waals surface area contributed by atoms with Crippen LogP contribution in [0.25, 0.3) is 0 Å². The standard InChI is InChI=1S/C10H11N3OS/c1-7(8-5-3-2-4-6-8)13-9(14)11-12-10(13)15/h2-7H,1H3,(H,11,14)(H,12,15). The Labute approximate surface area is 91.6 Å². The molecular weight excluding hydrogens is 210 g/mol. The minimum atomic E-state index is -0.212. The van der Waals surface area contributed by atoms with E-state index in [4.69, 9.17) is 12.2 Å². The Morgan fingerprint density at radius 2 is 1.93 bits per heavy atom. The van der Waals surface area contributed by atoms with Crippen LogP contribution in [0.3, 0.4) is 0 Å². The Kier molecular flexibility index (Phi) is 2.55. The second-order valence-corrected chi connectivity index (χ2v) is 3.70. The highest BCUT2D eigenvalue weighted by Crippen LogP contribution is 2.14. The number of aromatic nitrogens is 3. The van der Waals surface area contributed by atoms with Crippen molar-refractivity contribution in [3.8, 4) is 0 Å². The minimum absolute atomic E-state index is 0.0614. The lowest BCUT2D eigenvalue weighted by atomic mass is 10.1. The monoisotopic (exact) mass is 221 g/mol. The van der Waals surface area contributed by atoms with Crippen LogP contribution in [0, 0.1) is 4.77 Å². The van der Waals surface area contributed by atoms with Gasteiger partial charge in [0.2, 0.25) is 0 Å². The first-order valence-corrected chi connectivity index (χ1v) is 5.05. The van der Waals surface area contributed by atoms with Gasteiger partial charge in [-0.2, -0.15) is 0 Å². The molecule has 15 heavy (non-hydrogen) atoms. The number of hydrogen-bond acceptors (Lipinski definition) is 2. The molecule has 5 heteroatoms. The van der Waals surface area contributed by atoms with Crippen molar-refractivity contribution in [2.75, 3.05) is 0 Å². The average molecular weight is 221 g/mol. The van der Waals surface area contributed by atoms with Crippen LogP contribution in [0.5, 0.6) is 0 Å². The molecule has 0 aliphatic carbocycles. The zero-order valence-electron chi connectivity index (χ0n) is 8.23. The van der Waals surface area contributed by atoms with Crippen LogP contribution in [0.15, 0.2) is 35.1 Å². The molecular formula is C10H11N3OS. The smallest absolute Gasteiger partial charge is 0.272 e. The summed E-state index contributed by atoms with van der Waals surface area (Å²) in [5, 5.41) is 5.09. The number of rotatable bonds is 2.